The van der Waals surface area contributed by atoms with Gasteiger partial charge in [0.15, 0.2) is 0 Å². The van der Waals surface area contributed by atoms with Gasteiger partial charge in [0.05, 0.1) is 6.04 Å². The Kier molecular flexibility index (Phi) is 4.39. The molecule has 1 N–H and O–H groups in total. The molecule has 1 aliphatic carbocycles. The molecule has 1 saturated carbocycles. The van der Waals surface area contributed by atoms with Crippen LogP contribution in [0.2, 0.25) is 0 Å². The Hall–Kier alpha value is -0.900. The van der Waals surface area contributed by atoms with Crippen LogP contribution in [-0.2, 0) is 13.0 Å². The van der Waals surface area contributed by atoms with Gasteiger partial charge in [-0.25, -0.2) is 0 Å². The third-order valence-corrected chi connectivity index (χ3v) is 4.95. The average molecular weight is 276 g/mol. The highest BCUT2D eigenvalue weighted by atomic mass is 15.3. The molecular weight excluding hydrogens is 248 g/mol. The van der Waals surface area contributed by atoms with Gasteiger partial charge in [0.25, 0.3) is 0 Å². The van der Waals surface area contributed by atoms with Crippen molar-refractivity contribution in [1.29, 1.82) is 0 Å². The molecule has 3 atom stereocenters. The molecule has 3 unspecified atom stereocenters. The van der Waals surface area contributed by atoms with Crippen LogP contribution in [0.1, 0.15) is 76.5 Å². The molecule has 0 aromatic carbocycles. The number of fused-ring (bicyclic) bond motifs is 1. The number of aryl methyl sites for hydroxylation is 1. The highest BCUT2D eigenvalue weighted by Crippen LogP contribution is 2.26. The van der Waals surface area contributed by atoms with Crippen molar-refractivity contribution >= 4 is 0 Å². The summed E-state index contributed by atoms with van der Waals surface area (Å²) in [6.07, 6.45) is 10.3. The first-order chi connectivity index (χ1) is 9.74. The standard InChI is InChI=1S/C16H28N4/c1-12-7-6-8-14(11-12)17-13(2)16-19-18-15-9-4-3-5-10-20(15)16/h12-14,17H,3-11H2,1-2H3. The molecule has 0 amide bonds. The number of aromatic nitrogens is 3. The Labute approximate surface area is 122 Å². The van der Waals surface area contributed by atoms with Crippen LogP contribution in [0.4, 0.5) is 0 Å². The second-order valence-corrected chi connectivity index (χ2v) is 6.79. The van der Waals surface area contributed by atoms with Gasteiger partial charge in [-0.05, 0) is 38.5 Å². The van der Waals surface area contributed by atoms with E-state index in [0.29, 0.717) is 12.1 Å². The Morgan fingerprint density at radius 1 is 1.15 bits per heavy atom. The molecule has 2 heterocycles. The van der Waals surface area contributed by atoms with Gasteiger partial charge in [0, 0.05) is 19.0 Å². The number of rotatable bonds is 3. The lowest BCUT2D eigenvalue weighted by Crippen LogP contribution is -2.36. The fraction of sp³-hybridized carbons (Fsp3) is 0.875. The molecule has 112 valence electrons. The monoisotopic (exact) mass is 276 g/mol. The first-order valence-electron chi connectivity index (χ1n) is 8.42. The Morgan fingerprint density at radius 2 is 2.05 bits per heavy atom. The lowest BCUT2D eigenvalue weighted by molar-refractivity contribution is 0.280. The summed E-state index contributed by atoms with van der Waals surface area (Å²) in [6, 6.07) is 0.983. The minimum absolute atomic E-state index is 0.324. The van der Waals surface area contributed by atoms with E-state index < -0.39 is 0 Å². The lowest BCUT2D eigenvalue weighted by Gasteiger charge is -2.30. The second kappa shape index (κ2) is 6.25. The first kappa shape index (κ1) is 14.1. The molecule has 0 saturated heterocycles. The number of hydrogen-bond acceptors (Lipinski definition) is 3. The Bertz CT molecular complexity index is 440. The van der Waals surface area contributed by atoms with Gasteiger partial charge in [-0.2, -0.15) is 0 Å². The summed E-state index contributed by atoms with van der Waals surface area (Å²) < 4.78 is 2.37. The van der Waals surface area contributed by atoms with Gasteiger partial charge in [-0.1, -0.05) is 26.2 Å². The summed E-state index contributed by atoms with van der Waals surface area (Å²) in [7, 11) is 0. The molecule has 2 aliphatic rings. The van der Waals surface area contributed by atoms with E-state index in [9.17, 15) is 0 Å². The predicted octanol–water partition coefficient (Wildman–Crippen LogP) is 3.23. The quantitative estimate of drug-likeness (QED) is 0.921. The van der Waals surface area contributed by atoms with Crippen molar-refractivity contribution in [2.24, 2.45) is 5.92 Å². The summed E-state index contributed by atoms with van der Waals surface area (Å²) in [5.74, 6) is 3.22. The maximum Gasteiger partial charge on any atom is 0.149 e. The van der Waals surface area contributed by atoms with Gasteiger partial charge >= 0.3 is 0 Å². The summed E-state index contributed by atoms with van der Waals surface area (Å²) >= 11 is 0. The van der Waals surface area contributed by atoms with E-state index in [4.69, 9.17) is 0 Å². The van der Waals surface area contributed by atoms with Crippen molar-refractivity contribution in [3.8, 4) is 0 Å². The van der Waals surface area contributed by atoms with E-state index in [1.165, 1.54) is 50.8 Å². The molecule has 0 spiro atoms. The zero-order valence-corrected chi connectivity index (χ0v) is 12.9. The Balaban J connectivity index is 1.67. The molecule has 0 bridgehead atoms. The van der Waals surface area contributed by atoms with Crippen LogP contribution in [0.3, 0.4) is 0 Å². The van der Waals surface area contributed by atoms with Crippen LogP contribution in [0.15, 0.2) is 0 Å². The van der Waals surface area contributed by atoms with Crippen LogP contribution < -0.4 is 5.32 Å². The number of hydrogen-bond donors (Lipinski definition) is 1. The SMILES string of the molecule is CC1CCCC(NC(C)c2nnc3n2CCCCC3)C1. The van der Waals surface area contributed by atoms with E-state index in [-0.39, 0.29) is 0 Å². The third-order valence-electron chi connectivity index (χ3n) is 4.95. The lowest BCUT2D eigenvalue weighted by atomic mass is 9.87. The number of nitrogens with one attached hydrogen (secondary N) is 1. The molecule has 4 nitrogen and oxygen atoms in total. The van der Waals surface area contributed by atoms with Gasteiger partial charge in [0.2, 0.25) is 0 Å². The van der Waals surface area contributed by atoms with Crippen LogP contribution in [-0.4, -0.2) is 20.8 Å². The van der Waals surface area contributed by atoms with Crippen LogP contribution in [0.5, 0.6) is 0 Å². The van der Waals surface area contributed by atoms with Gasteiger partial charge < -0.3 is 9.88 Å². The molecule has 0 radical (unpaired) electrons. The van der Waals surface area contributed by atoms with Crippen molar-refractivity contribution in [3.05, 3.63) is 11.6 Å². The molecule has 1 aromatic heterocycles. The maximum atomic E-state index is 4.47. The zero-order valence-electron chi connectivity index (χ0n) is 12.9. The molecule has 1 aliphatic heterocycles. The molecule has 3 rings (SSSR count). The molecule has 20 heavy (non-hydrogen) atoms. The summed E-state index contributed by atoms with van der Waals surface area (Å²) in [5, 5.41) is 12.7. The van der Waals surface area contributed by atoms with E-state index in [1.54, 1.807) is 0 Å². The van der Waals surface area contributed by atoms with Gasteiger partial charge in [-0.3, -0.25) is 0 Å². The minimum atomic E-state index is 0.324. The normalized spacial score (nSPS) is 28.7. The molecule has 1 fully saturated rings. The van der Waals surface area contributed by atoms with E-state index in [1.807, 2.05) is 0 Å². The van der Waals surface area contributed by atoms with Crippen molar-refractivity contribution in [2.75, 3.05) is 0 Å². The highest BCUT2D eigenvalue weighted by molar-refractivity contribution is 5.02. The molecule has 4 heteroatoms. The fourth-order valence-corrected chi connectivity index (χ4v) is 3.84. The number of nitrogens with zero attached hydrogens (tertiary/aromatic N) is 3. The summed E-state index contributed by atoms with van der Waals surface area (Å²) in [5.41, 5.74) is 0. The van der Waals surface area contributed by atoms with Crippen molar-refractivity contribution in [1.82, 2.24) is 20.1 Å². The molecule has 1 aromatic rings. The highest BCUT2D eigenvalue weighted by Gasteiger charge is 2.24. The van der Waals surface area contributed by atoms with Crippen LogP contribution >= 0.6 is 0 Å². The topological polar surface area (TPSA) is 42.7 Å². The van der Waals surface area contributed by atoms with E-state index >= 15 is 0 Å². The first-order valence-corrected chi connectivity index (χ1v) is 8.42. The summed E-state index contributed by atoms with van der Waals surface area (Å²) in [6.45, 7) is 5.73. The van der Waals surface area contributed by atoms with Crippen molar-refractivity contribution < 1.29 is 0 Å². The fourth-order valence-electron chi connectivity index (χ4n) is 3.84. The maximum absolute atomic E-state index is 4.47. The molecular formula is C16H28N4. The van der Waals surface area contributed by atoms with Gasteiger partial charge in [0.1, 0.15) is 11.6 Å². The second-order valence-electron chi connectivity index (χ2n) is 6.79. The summed E-state index contributed by atoms with van der Waals surface area (Å²) in [4.78, 5) is 0. The predicted molar refractivity (Wildman–Crippen MR) is 80.5 cm³/mol. The minimum Gasteiger partial charge on any atom is -0.314 e. The average Bonchev–Trinajstić information content (AvgIpc) is 2.68. The van der Waals surface area contributed by atoms with E-state index in [0.717, 1.165) is 24.7 Å². The van der Waals surface area contributed by atoms with E-state index in [2.05, 4.69) is 33.9 Å². The van der Waals surface area contributed by atoms with Gasteiger partial charge in [-0.15, -0.1) is 10.2 Å². The largest absolute Gasteiger partial charge is 0.314 e. The van der Waals surface area contributed by atoms with Crippen molar-refractivity contribution in [3.63, 3.8) is 0 Å². The smallest absolute Gasteiger partial charge is 0.149 e. The van der Waals surface area contributed by atoms with Crippen LogP contribution in [0, 0.1) is 5.92 Å². The third kappa shape index (κ3) is 3.05. The van der Waals surface area contributed by atoms with Crippen LogP contribution in [0.25, 0.3) is 0 Å². The Morgan fingerprint density at radius 3 is 2.90 bits per heavy atom. The van der Waals surface area contributed by atoms with Crippen molar-refractivity contribution in [2.45, 2.75) is 83.8 Å². The zero-order chi connectivity index (χ0) is 13.9.